The van der Waals surface area contributed by atoms with Gasteiger partial charge in [0.15, 0.2) is 18.2 Å². The lowest BCUT2D eigenvalue weighted by atomic mass is 9.93. The topological polar surface area (TPSA) is 71.9 Å². The molecule has 2 atom stereocenters. The van der Waals surface area contributed by atoms with Crippen LogP contribution in [0.4, 0.5) is 17.6 Å². The van der Waals surface area contributed by atoms with Crippen LogP contribution in [0.5, 0.6) is 11.5 Å². The highest BCUT2D eigenvalue weighted by Crippen LogP contribution is 2.35. The van der Waals surface area contributed by atoms with Crippen LogP contribution < -0.4 is 9.47 Å². The molecule has 6 nitrogen and oxygen atoms in total. The van der Waals surface area contributed by atoms with Crippen molar-refractivity contribution in [2.75, 3.05) is 13.2 Å². The smallest absolute Gasteiger partial charge is 0.416 e. The second-order valence-corrected chi connectivity index (χ2v) is 8.11. The lowest BCUT2D eigenvalue weighted by Gasteiger charge is -2.38. The van der Waals surface area contributed by atoms with E-state index in [0.29, 0.717) is 19.4 Å². The molecular weight excluding hydrogens is 444 g/mol. The maximum absolute atomic E-state index is 14.3. The van der Waals surface area contributed by atoms with Gasteiger partial charge in [0.25, 0.3) is 5.91 Å². The van der Waals surface area contributed by atoms with Gasteiger partial charge >= 0.3 is 6.18 Å². The number of likely N-dealkylation sites (tertiary alicyclic amines) is 1. The van der Waals surface area contributed by atoms with E-state index >= 15 is 0 Å². The van der Waals surface area contributed by atoms with E-state index in [0.717, 1.165) is 36.9 Å². The van der Waals surface area contributed by atoms with Crippen molar-refractivity contribution in [2.45, 2.75) is 57.5 Å². The number of benzene rings is 1. The molecule has 1 amide bonds. The molecule has 180 valence electrons. The van der Waals surface area contributed by atoms with Crippen molar-refractivity contribution >= 4 is 5.91 Å². The Kier molecular flexibility index (Phi) is 7.78. The lowest BCUT2D eigenvalue weighted by Crippen LogP contribution is -2.48. The number of carbonyl (C=O) groups excluding carboxylic acids is 1. The largest absolute Gasteiger partial charge is 0.487 e. The third-order valence-electron chi connectivity index (χ3n) is 5.33. The van der Waals surface area contributed by atoms with E-state index in [2.05, 4.69) is 4.98 Å². The van der Waals surface area contributed by atoms with E-state index in [1.165, 1.54) is 11.1 Å². The van der Waals surface area contributed by atoms with Gasteiger partial charge in [0.1, 0.15) is 11.9 Å². The van der Waals surface area contributed by atoms with Gasteiger partial charge in [0.2, 0.25) is 0 Å². The highest BCUT2D eigenvalue weighted by molar-refractivity contribution is 5.78. The molecule has 0 radical (unpaired) electrons. The zero-order chi connectivity index (χ0) is 24.2. The highest BCUT2D eigenvalue weighted by Gasteiger charge is 2.35. The van der Waals surface area contributed by atoms with Gasteiger partial charge in [-0.1, -0.05) is 0 Å². The number of alkyl halides is 3. The first-order valence-corrected chi connectivity index (χ1v) is 10.7. The molecule has 1 unspecified atom stereocenters. The average molecular weight is 470 g/mol. The zero-order valence-electron chi connectivity index (χ0n) is 18.3. The van der Waals surface area contributed by atoms with Gasteiger partial charge in [-0.05, 0) is 57.4 Å². The predicted molar refractivity (Wildman–Crippen MR) is 111 cm³/mol. The second-order valence-electron chi connectivity index (χ2n) is 8.11. The summed E-state index contributed by atoms with van der Waals surface area (Å²) in [7, 11) is 0. The van der Waals surface area contributed by atoms with Crippen molar-refractivity contribution in [1.29, 1.82) is 0 Å². The van der Waals surface area contributed by atoms with Gasteiger partial charge in [-0.25, -0.2) is 4.39 Å². The number of carbonyl (C=O) groups is 1. The number of aliphatic hydroxyl groups is 1. The molecule has 1 fully saturated rings. The highest BCUT2D eigenvalue weighted by atomic mass is 19.4. The van der Waals surface area contributed by atoms with Gasteiger partial charge in [-0.15, -0.1) is 0 Å². The SMILES string of the molecule is CC(C)Oc1c(F)cncc1C(O)[C@H]1CCCCN1C(=O)COc1ccc(C(F)(F)F)cc1. The summed E-state index contributed by atoms with van der Waals surface area (Å²) in [5.41, 5.74) is -0.666. The lowest BCUT2D eigenvalue weighted by molar-refractivity contribution is -0.140. The van der Waals surface area contributed by atoms with Gasteiger partial charge in [-0.2, -0.15) is 13.2 Å². The molecule has 3 rings (SSSR count). The minimum atomic E-state index is -4.46. The summed E-state index contributed by atoms with van der Waals surface area (Å²) in [6.45, 7) is 3.40. The maximum Gasteiger partial charge on any atom is 0.416 e. The molecule has 10 heteroatoms. The average Bonchev–Trinajstić information content (AvgIpc) is 2.78. The molecule has 0 saturated carbocycles. The summed E-state index contributed by atoms with van der Waals surface area (Å²) in [4.78, 5) is 18.1. The number of hydrogen-bond acceptors (Lipinski definition) is 5. The van der Waals surface area contributed by atoms with E-state index in [1.54, 1.807) is 13.8 Å². The molecule has 1 saturated heterocycles. The number of halogens is 4. The van der Waals surface area contributed by atoms with Gasteiger partial charge in [-0.3, -0.25) is 9.78 Å². The summed E-state index contributed by atoms with van der Waals surface area (Å²) in [5.74, 6) is -1.13. The molecule has 1 aromatic heterocycles. The Morgan fingerprint density at radius 2 is 1.91 bits per heavy atom. The number of aromatic nitrogens is 1. The first-order valence-electron chi connectivity index (χ1n) is 10.7. The number of hydrogen-bond donors (Lipinski definition) is 1. The minimum absolute atomic E-state index is 0.105. The van der Waals surface area contributed by atoms with Crippen LogP contribution in [0.3, 0.4) is 0 Å². The van der Waals surface area contributed by atoms with Crippen molar-refractivity contribution in [3.05, 3.63) is 53.6 Å². The molecule has 1 aliphatic rings. The Hall–Kier alpha value is -2.88. The molecule has 1 N–H and O–H groups in total. The second kappa shape index (κ2) is 10.4. The van der Waals surface area contributed by atoms with E-state index in [-0.39, 0.29) is 23.2 Å². The van der Waals surface area contributed by atoms with Crippen LogP contribution in [0.2, 0.25) is 0 Å². The van der Waals surface area contributed by atoms with Crippen LogP contribution in [0.25, 0.3) is 0 Å². The monoisotopic (exact) mass is 470 g/mol. The Morgan fingerprint density at radius 3 is 2.55 bits per heavy atom. The fraction of sp³-hybridized carbons (Fsp3) is 0.478. The van der Waals surface area contributed by atoms with Gasteiger partial charge in [0.05, 0.1) is 23.9 Å². The van der Waals surface area contributed by atoms with Gasteiger partial charge < -0.3 is 19.5 Å². The van der Waals surface area contributed by atoms with E-state index in [9.17, 15) is 27.5 Å². The van der Waals surface area contributed by atoms with Crippen LogP contribution in [-0.2, 0) is 11.0 Å². The van der Waals surface area contributed by atoms with E-state index in [1.807, 2.05) is 0 Å². The Balaban J connectivity index is 1.72. The normalized spacial score (nSPS) is 17.7. The van der Waals surface area contributed by atoms with Crippen LogP contribution in [0.15, 0.2) is 36.7 Å². The predicted octanol–water partition coefficient (Wildman–Crippen LogP) is 4.52. The summed E-state index contributed by atoms with van der Waals surface area (Å²) in [6, 6.07) is 3.39. The Bertz CT molecular complexity index is 950. The van der Waals surface area contributed by atoms with Crippen molar-refractivity contribution in [1.82, 2.24) is 9.88 Å². The molecule has 0 spiro atoms. The molecular formula is C23H26F4N2O4. The zero-order valence-corrected chi connectivity index (χ0v) is 18.3. The molecule has 0 aliphatic carbocycles. The molecule has 2 heterocycles. The summed E-state index contributed by atoms with van der Waals surface area (Å²) >= 11 is 0. The molecule has 1 aromatic carbocycles. The molecule has 2 aromatic rings. The van der Waals surface area contributed by atoms with Crippen molar-refractivity contribution < 1.29 is 36.9 Å². The molecule has 33 heavy (non-hydrogen) atoms. The van der Waals surface area contributed by atoms with Crippen LogP contribution in [0.1, 0.15) is 50.3 Å². The van der Waals surface area contributed by atoms with Crippen LogP contribution in [0, 0.1) is 5.82 Å². The fourth-order valence-corrected chi connectivity index (χ4v) is 3.78. The minimum Gasteiger partial charge on any atom is -0.487 e. The summed E-state index contributed by atoms with van der Waals surface area (Å²) in [6.07, 6.45) is -1.77. The first kappa shape index (κ1) is 24.8. The number of aliphatic hydroxyl groups excluding tert-OH is 1. The number of piperidine rings is 1. The summed E-state index contributed by atoms with van der Waals surface area (Å²) in [5, 5.41) is 11.0. The van der Waals surface area contributed by atoms with E-state index < -0.39 is 42.2 Å². The van der Waals surface area contributed by atoms with Crippen molar-refractivity contribution in [2.24, 2.45) is 0 Å². The number of rotatable bonds is 7. The molecule has 1 aliphatic heterocycles. The van der Waals surface area contributed by atoms with Crippen LogP contribution >= 0.6 is 0 Å². The Morgan fingerprint density at radius 1 is 1.21 bits per heavy atom. The summed E-state index contributed by atoms with van der Waals surface area (Å²) < 4.78 is 63.3. The number of amides is 1. The first-order chi connectivity index (χ1) is 15.6. The fourth-order valence-electron chi connectivity index (χ4n) is 3.78. The van der Waals surface area contributed by atoms with Crippen LogP contribution in [-0.4, -0.2) is 46.2 Å². The van der Waals surface area contributed by atoms with Gasteiger partial charge in [0, 0.05) is 18.3 Å². The number of nitrogens with zero attached hydrogens (tertiary/aromatic N) is 2. The maximum atomic E-state index is 14.3. The number of ether oxygens (including phenoxy) is 2. The van der Waals surface area contributed by atoms with Crippen molar-refractivity contribution in [3.8, 4) is 11.5 Å². The van der Waals surface area contributed by atoms with Crippen molar-refractivity contribution in [3.63, 3.8) is 0 Å². The third-order valence-corrected chi connectivity index (χ3v) is 5.33. The van der Waals surface area contributed by atoms with E-state index in [4.69, 9.17) is 9.47 Å². The Labute approximate surface area is 189 Å². The number of pyridine rings is 1. The molecule has 0 bridgehead atoms. The third kappa shape index (κ3) is 6.13. The standard InChI is InChI=1S/C23H26F4N2O4/c1-14(2)33-22-17(11-28-12-18(22)24)21(31)19-5-3-4-10-29(19)20(30)13-32-16-8-6-15(7-9-16)23(25,26)27/h6-9,11-12,14,19,21,31H,3-5,10,13H2,1-2H3/t19-,21?/m1/s1. The quantitative estimate of drug-likeness (QED) is 0.603.